The van der Waals surface area contributed by atoms with Crippen molar-refractivity contribution >= 4 is 23.5 Å². The fourth-order valence-corrected chi connectivity index (χ4v) is 4.86. The summed E-state index contributed by atoms with van der Waals surface area (Å²) in [5.41, 5.74) is 6.21. The highest BCUT2D eigenvalue weighted by atomic mass is 35.5. The number of rotatable bonds is 9. The molecule has 198 valence electrons. The fourth-order valence-electron chi connectivity index (χ4n) is 4.73. The van der Waals surface area contributed by atoms with E-state index in [-0.39, 0.29) is 18.9 Å². The molecule has 0 radical (unpaired) electrons. The molecule has 0 fully saturated rings. The lowest BCUT2D eigenvalue weighted by molar-refractivity contribution is -0.142. The lowest BCUT2D eigenvalue weighted by Crippen LogP contribution is -2.46. The summed E-state index contributed by atoms with van der Waals surface area (Å²) >= 11 is 6.07. The van der Waals surface area contributed by atoms with Crippen LogP contribution in [0.3, 0.4) is 0 Å². The second kappa shape index (κ2) is 12.5. The molecule has 5 aromatic rings. The number of benzene rings is 5. The molecule has 0 aliphatic rings. The van der Waals surface area contributed by atoms with Crippen molar-refractivity contribution in [2.45, 2.75) is 19.0 Å². The van der Waals surface area contributed by atoms with Crippen molar-refractivity contribution in [1.82, 2.24) is 4.90 Å². The van der Waals surface area contributed by atoms with Crippen LogP contribution in [0.25, 0.3) is 22.3 Å². The highest BCUT2D eigenvalue weighted by Gasteiger charge is 2.31. The molecule has 0 aromatic heterocycles. The minimum atomic E-state index is -1.07. The van der Waals surface area contributed by atoms with Crippen LogP contribution >= 0.6 is 11.6 Å². The highest BCUT2D eigenvalue weighted by molar-refractivity contribution is 6.30. The summed E-state index contributed by atoms with van der Waals surface area (Å²) < 4.78 is 0. The van der Waals surface area contributed by atoms with Crippen LogP contribution in [-0.4, -0.2) is 27.9 Å². The van der Waals surface area contributed by atoms with Crippen LogP contribution in [0.2, 0.25) is 5.02 Å². The highest BCUT2D eigenvalue weighted by Crippen LogP contribution is 2.24. The minimum Gasteiger partial charge on any atom is -0.480 e. The normalized spacial score (nSPS) is 11.5. The van der Waals surface area contributed by atoms with E-state index in [1.54, 1.807) is 24.3 Å². The predicted octanol–water partition coefficient (Wildman–Crippen LogP) is 8.01. The molecular weight excluding hydrogens is 518 g/mol. The first-order chi connectivity index (χ1) is 19.5. The van der Waals surface area contributed by atoms with Gasteiger partial charge in [0.05, 0.1) is 0 Å². The first-order valence-corrected chi connectivity index (χ1v) is 13.4. The van der Waals surface area contributed by atoms with Crippen molar-refractivity contribution < 1.29 is 14.7 Å². The van der Waals surface area contributed by atoms with Crippen molar-refractivity contribution in [3.05, 3.63) is 155 Å². The van der Waals surface area contributed by atoms with E-state index in [1.807, 2.05) is 109 Å². The fraction of sp³-hybridized carbons (Fsp3) is 0.0857. The van der Waals surface area contributed by atoms with Gasteiger partial charge in [0.15, 0.2) is 0 Å². The summed E-state index contributed by atoms with van der Waals surface area (Å²) in [4.78, 5) is 28.0. The van der Waals surface area contributed by atoms with Gasteiger partial charge in [-0.15, -0.1) is 0 Å². The smallest absolute Gasteiger partial charge is 0.326 e. The monoisotopic (exact) mass is 545 g/mol. The van der Waals surface area contributed by atoms with Gasteiger partial charge in [-0.3, -0.25) is 4.79 Å². The third kappa shape index (κ3) is 6.48. The molecule has 0 saturated carbocycles. The molecule has 0 unspecified atom stereocenters. The zero-order valence-electron chi connectivity index (χ0n) is 21.8. The molecule has 4 nitrogen and oxygen atoms in total. The summed E-state index contributed by atoms with van der Waals surface area (Å²) in [6.45, 7) is 0.134. The van der Waals surface area contributed by atoms with Crippen LogP contribution < -0.4 is 0 Å². The Morgan fingerprint density at radius 1 is 0.600 bits per heavy atom. The quantitative estimate of drug-likeness (QED) is 0.204. The largest absolute Gasteiger partial charge is 0.480 e. The molecule has 1 amide bonds. The van der Waals surface area contributed by atoms with Crippen LogP contribution in [0.15, 0.2) is 133 Å². The molecule has 1 N–H and O–H groups in total. The van der Waals surface area contributed by atoms with E-state index >= 15 is 0 Å². The topological polar surface area (TPSA) is 57.6 Å². The van der Waals surface area contributed by atoms with Crippen LogP contribution in [0, 0.1) is 0 Å². The van der Waals surface area contributed by atoms with Crippen molar-refractivity contribution in [2.24, 2.45) is 0 Å². The Morgan fingerprint density at radius 3 is 1.55 bits per heavy atom. The lowest BCUT2D eigenvalue weighted by atomic mass is 9.98. The Hall–Kier alpha value is -4.67. The second-order valence-corrected chi connectivity index (χ2v) is 10.1. The van der Waals surface area contributed by atoms with E-state index in [1.165, 1.54) is 4.90 Å². The van der Waals surface area contributed by atoms with Crippen LogP contribution in [0.5, 0.6) is 0 Å². The van der Waals surface area contributed by atoms with Gasteiger partial charge >= 0.3 is 5.97 Å². The molecule has 0 heterocycles. The maximum absolute atomic E-state index is 13.9. The van der Waals surface area contributed by atoms with Crippen molar-refractivity contribution in [1.29, 1.82) is 0 Å². The molecular formula is C35H28ClNO3. The lowest BCUT2D eigenvalue weighted by Gasteiger charge is -2.29. The second-order valence-electron chi connectivity index (χ2n) is 9.62. The Morgan fingerprint density at radius 2 is 1.05 bits per heavy atom. The average molecular weight is 546 g/mol. The van der Waals surface area contributed by atoms with Gasteiger partial charge in [0.25, 0.3) is 5.91 Å². The van der Waals surface area contributed by atoms with Gasteiger partial charge in [0, 0.05) is 23.6 Å². The summed E-state index contributed by atoms with van der Waals surface area (Å²) in [6.07, 6.45) is 0.172. The SMILES string of the molecule is O=C(O)[C@H](Cc1ccc(-c2ccccc2)cc1)N(Cc1ccc(Cl)cc1)C(=O)c1ccc(-c2ccccc2)cc1. The zero-order valence-corrected chi connectivity index (χ0v) is 22.5. The Bertz CT molecular complexity index is 1570. The minimum absolute atomic E-state index is 0.134. The summed E-state index contributed by atoms with van der Waals surface area (Å²) in [5, 5.41) is 10.9. The Labute approximate surface area is 239 Å². The van der Waals surface area contributed by atoms with Gasteiger partial charge in [0.2, 0.25) is 0 Å². The van der Waals surface area contributed by atoms with Crippen LogP contribution in [0.1, 0.15) is 21.5 Å². The molecule has 0 bridgehead atoms. The number of carboxylic acid groups (broad SMARTS) is 1. The average Bonchev–Trinajstić information content (AvgIpc) is 3.00. The van der Waals surface area contributed by atoms with E-state index in [2.05, 4.69) is 0 Å². The van der Waals surface area contributed by atoms with Crippen LogP contribution in [-0.2, 0) is 17.8 Å². The summed E-state index contributed by atoms with van der Waals surface area (Å²) in [7, 11) is 0. The zero-order chi connectivity index (χ0) is 27.9. The number of carboxylic acids is 1. The van der Waals surface area contributed by atoms with Gasteiger partial charge in [-0.25, -0.2) is 4.79 Å². The third-order valence-electron chi connectivity index (χ3n) is 6.92. The number of hydrogen-bond donors (Lipinski definition) is 1. The number of hydrogen-bond acceptors (Lipinski definition) is 2. The van der Waals surface area contributed by atoms with Gasteiger partial charge in [-0.05, 0) is 57.6 Å². The van der Waals surface area contributed by atoms with Crippen molar-refractivity contribution in [3.8, 4) is 22.3 Å². The number of halogens is 1. The van der Waals surface area contributed by atoms with Gasteiger partial charge in [-0.1, -0.05) is 121 Å². The van der Waals surface area contributed by atoms with E-state index in [0.717, 1.165) is 33.4 Å². The molecule has 0 spiro atoms. The molecule has 0 saturated heterocycles. The number of amides is 1. The molecule has 5 heteroatoms. The molecule has 5 rings (SSSR count). The van der Waals surface area contributed by atoms with E-state index in [4.69, 9.17) is 11.6 Å². The first-order valence-electron chi connectivity index (χ1n) is 13.1. The van der Waals surface area contributed by atoms with E-state index < -0.39 is 12.0 Å². The predicted molar refractivity (Wildman–Crippen MR) is 160 cm³/mol. The Kier molecular flexibility index (Phi) is 8.38. The van der Waals surface area contributed by atoms with E-state index in [9.17, 15) is 14.7 Å². The van der Waals surface area contributed by atoms with Gasteiger partial charge in [0.1, 0.15) is 6.04 Å². The molecule has 5 aromatic carbocycles. The third-order valence-corrected chi connectivity index (χ3v) is 7.17. The van der Waals surface area contributed by atoms with Gasteiger partial charge < -0.3 is 10.0 Å². The molecule has 0 aliphatic carbocycles. The first kappa shape index (κ1) is 26.9. The standard InChI is InChI=1S/C35H28ClNO3/c36-32-21-13-26(14-22-32)24-37(34(38)31-19-17-30(18-20-31)28-9-5-2-6-10-28)33(35(39)40)23-25-11-15-29(16-12-25)27-7-3-1-4-8-27/h1-22,33H,23-24H2,(H,39,40)/t33-/m0/s1. The molecule has 40 heavy (non-hydrogen) atoms. The van der Waals surface area contributed by atoms with Crippen molar-refractivity contribution in [3.63, 3.8) is 0 Å². The molecule has 0 aliphatic heterocycles. The van der Waals surface area contributed by atoms with Crippen molar-refractivity contribution in [2.75, 3.05) is 0 Å². The maximum Gasteiger partial charge on any atom is 0.326 e. The summed E-state index contributed by atoms with van der Waals surface area (Å²) in [6, 6.07) is 41.1. The number of carbonyl (C=O) groups is 2. The number of nitrogens with zero attached hydrogens (tertiary/aromatic N) is 1. The number of aliphatic carboxylic acids is 1. The molecule has 1 atom stereocenters. The van der Waals surface area contributed by atoms with Crippen LogP contribution in [0.4, 0.5) is 0 Å². The summed E-state index contributed by atoms with van der Waals surface area (Å²) in [5.74, 6) is -1.40. The maximum atomic E-state index is 13.9. The van der Waals surface area contributed by atoms with E-state index in [0.29, 0.717) is 10.6 Å². The number of carbonyl (C=O) groups excluding carboxylic acids is 1. The van der Waals surface area contributed by atoms with Gasteiger partial charge in [-0.2, -0.15) is 0 Å². The Balaban J connectivity index is 1.44.